The van der Waals surface area contributed by atoms with Gasteiger partial charge in [0.15, 0.2) is 0 Å². The van der Waals surface area contributed by atoms with E-state index in [0.717, 1.165) is 5.56 Å². The van der Waals surface area contributed by atoms with Crippen LogP contribution in [-0.2, 0) is 6.54 Å². The smallest absolute Gasteiger partial charge is 0.125 e. The molecule has 3 rings (SSSR count). The normalized spacial score (nSPS) is 10.3. The average molecular weight is 354 g/mol. The van der Waals surface area contributed by atoms with Crippen LogP contribution in [0.25, 0.3) is 11.3 Å². The summed E-state index contributed by atoms with van der Waals surface area (Å²) in [5, 5.41) is 24.2. The van der Waals surface area contributed by atoms with Gasteiger partial charge in [0.25, 0.3) is 0 Å². The van der Waals surface area contributed by atoms with Crippen molar-refractivity contribution in [1.82, 2.24) is 9.78 Å². The Morgan fingerprint density at radius 2 is 1.88 bits per heavy atom. The Morgan fingerprint density at radius 1 is 1.12 bits per heavy atom. The largest absolute Gasteiger partial charge is 0.507 e. The number of phenolic OH excluding ortho intramolecular Hbond substituents is 1. The highest BCUT2D eigenvalue weighted by atomic mass is 35.5. The molecule has 0 fully saturated rings. The maximum atomic E-state index is 10.1. The van der Waals surface area contributed by atoms with Crippen LogP contribution >= 0.6 is 11.6 Å². The quantitative estimate of drug-likeness (QED) is 0.499. The molecule has 0 bridgehead atoms. The van der Waals surface area contributed by atoms with Gasteiger partial charge < -0.3 is 15.9 Å². The molecule has 0 aliphatic rings. The van der Waals surface area contributed by atoms with Crippen molar-refractivity contribution in [3.63, 3.8) is 0 Å². The number of nitrogens with two attached hydrogens (primary N) is 1. The lowest BCUT2D eigenvalue weighted by Crippen LogP contribution is -2.02. The summed E-state index contributed by atoms with van der Waals surface area (Å²) in [6.07, 6.45) is 1.73. The van der Waals surface area contributed by atoms with Crippen molar-refractivity contribution in [2.45, 2.75) is 6.54 Å². The molecule has 4 N–H and O–H groups in total. The molecule has 0 aliphatic carbocycles. The molecule has 1 aromatic heterocycles. The van der Waals surface area contributed by atoms with E-state index in [1.165, 1.54) is 6.07 Å². The van der Waals surface area contributed by atoms with Gasteiger partial charge in [0.05, 0.1) is 18.7 Å². The topological polar surface area (TPSA) is 84.3 Å². The third kappa shape index (κ3) is 3.94. The van der Waals surface area contributed by atoms with Gasteiger partial charge in [-0.05, 0) is 42.5 Å². The summed E-state index contributed by atoms with van der Waals surface area (Å²) in [5.74, 6) is 6.18. The number of benzene rings is 2. The van der Waals surface area contributed by atoms with E-state index >= 15 is 0 Å². The molecule has 2 aromatic carbocycles. The predicted molar refractivity (Wildman–Crippen MR) is 98.3 cm³/mol. The molecule has 25 heavy (non-hydrogen) atoms. The first-order valence-electron chi connectivity index (χ1n) is 7.61. The van der Waals surface area contributed by atoms with Crippen molar-refractivity contribution in [3.05, 3.63) is 64.8 Å². The number of nitrogen functional groups attached to an aromatic ring is 1. The molecule has 0 unspecified atom stereocenters. The molecule has 0 spiro atoms. The van der Waals surface area contributed by atoms with E-state index in [-0.39, 0.29) is 12.4 Å². The molecule has 126 valence electrons. The van der Waals surface area contributed by atoms with Crippen molar-refractivity contribution in [2.24, 2.45) is 0 Å². The molecule has 0 saturated carbocycles. The Labute approximate surface area is 150 Å². The zero-order valence-electron chi connectivity index (χ0n) is 13.3. The monoisotopic (exact) mass is 353 g/mol. The summed E-state index contributed by atoms with van der Waals surface area (Å²) in [6, 6.07) is 12.0. The SMILES string of the molecule is Nc1ccc(C#Cc2cn(CCO)nc2-c2cc(Cl)ccc2O)cc1. The fourth-order valence-electron chi connectivity index (χ4n) is 2.33. The number of hydrogen-bond acceptors (Lipinski definition) is 4. The minimum Gasteiger partial charge on any atom is -0.507 e. The lowest BCUT2D eigenvalue weighted by Gasteiger charge is -2.03. The minimum absolute atomic E-state index is 0.0481. The number of rotatable bonds is 3. The molecule has 5 nitrogen and oxygen atoms in total. The highest BCUT2D eigenvalue weighted by Crippen LogP contribution is 2.32. The number of aliphatic hydroxyl groups excluding tert-OH is 1. The Bertz CT molecular complexity index is 953. The van der Waals surface area contributed by atoms with Crippen LogP contribution in [0.2, 0.25) is 5.02 Å². The van der Waals surface area contributed by atoms with Crippen molar-refractivity contribution in [1.29, 1.82) is 0 Å². The van der Waals surface area contributed by atoms with Crippen LogP contribution in [-0.4, -0.2) is 26.6 Å². The maximum Gasteiger partial charge on any atom is 0.125 e. The van der Waals surface area contributed by atoms with E-state index in [2.05, 4.69) is 16.9 Å². The van der Waals surface area contributed by atoms with Crippen molar-refractivity contribution in [3.8, 4) is 28.8 Å². The van der Waals surface area contributed by atoms with Crippen LogP contribution in [0.3, 0.4) is 0 Å². The van der Waals surface area contributed by atoms with Gasteiger partial charge in [0, 0.05) is 28.0 Å². The number of halogens is 1. The number of phenols is 1. The van der Waals surface area contributed by atoms with Crippen LogP contribution in [0, 0.1) is 11.8 Å². The first-order chi connectivity index (χ1) is 12.1. The van der Waals surface area contributed by atoms with E-state index < -0.39 is 0 Å². The van der Waals surface area contributed by atoms with Crippen molar-refractivity contribution >= 4 is 17.3 Å². The Kier molecular flexibility index (Phi) is 4.94. The van der Waals surface area contributed by atoms with E-state index in [4.69, 9.17) is 22.4 Å². The van der Waals surface area contributed by atoms with Gasteiger partial charge >= 0.3 is 0 Å². The summed E-state index contributed by atoms with van der Waals surface area (Å²) in [6.45, 7) is 0.283. The zero-order chi connectivity index (χ0) is 17.8. The molecule has 1 heterocycles. The minimum atomic E-state index is -0.0481. The number of hydrogen-bond donors (Lipinski definition) is 3. The highest BCUT2D eigenvalue weighted by molar-refractivity contribution is 6.31. The third-order valence-corrected chi connectivity index (χ3v) is 3.79. The van der Waals surface area contributed by atoms with E-state index in [1.54, 1.807) is 35.1 Å². The number of anilines is 1. The van der Waals surface area contributed by atoms with E-state index in [9.17, 15) is 5.11 Å². The number of aromatic nitrogens is 2. The van der Waals surface area contributed by atoms with E-state index in [1.807, 2.05) is 12.1 Å². The maximum absolute atomic E-state index is 10.1. The van der Waals surface area contributed by atoms with Gasteiger partial charge in [-0.3, -0.25) is 4.68 Å². The highest BCUT2D eigenvalue weighted by Gasteiger charge is 2.14. The van der Waals surface area contributed by atoms with Crippen LogP contribution in [0.5, 0.6) is 5.75 Å². The summed E-state index contributed by atoms with van der Waals surface area (Å²) in [7, 11) is 0. The van der Waals surface area contributed by atoms with Gasteiger partial charge in [0.2, 0.25) is 0 Å². The number of aromatic hydroxyl groups is 1. The lowest BCUT2D eigenvalue weighted by molar-refractivity contribution is 0.269. The van der Waals surface area contributed by atoms with Gasteiger partial charge in [-0.2, -0.15) is 5.10 Å². The fourth-order valence-corrected chi connectivity index (χ4v) is 2.50. The number of nitrogens with zero attached hydrogens (tertiary/aromatic N) is 2. The molecule has 0 aliphatic heterocycles. The Morgan fingerprint density at radius 3 is 2.60 bits per heavy atom. The van der Waals surface area contributed by atoms with Crippen LogP contribution in [0.4, 0.5) is 5.69 Å². The van der Waals surface area contributed by atoms with Crippen molar-refractivity contribution in [2.75, 3.05) is 12.3 Å². The van der Waals surface area contributed by atoms with Gasteiger partial charge in [-0.15, -0.1) is 0 Å². The zero-order valence-corrected chi connectivity index (χ0v) is 14.0. The molecular formula is C19H16ClN3O2. The first-order valence-corrected chi connectivity index (χ1v) is 7.99. The predicted octanol–water partition coefficient (Wildman–Crippen LogP) is 2.88. The molecular weight excluding hydrogens is 338 g/mol. The summed E-state index contributed by atoms with van der Waals surface area (Å²) in [5.41, 5.74) is 8.79. The summed E-state index contributed by atoms with van der Waals surface area (Å²) >= 11 is 6.04. The van der Waals surface area contributed by atoms with Crippen molar-refractivity contribution < 1.29 is 10.2 Å². The molecule has 6 heteroatoms. The molecule has 3 aromatic rings. The first kappa shape index (κ1) is 16.9. The van der Waals surface area contributed by atoms with Crippen LogP contribution < -0.4 is 5.73 Å². The van der Waals surface area contributed by atoms with Gasteiger partial charge in [-0.25, -0.2) is 0 Å². The Balaban J connectivity index is 2.06. The van der Waals surface area contributed by atoms with Crippen LogP contribution in [0.1, 0.15) is 11.1 Å². The summed E-state index contributed by atoms with van der Waals surface area (Å²) in [4.78, 5) is 0. The van der Waals surface area contributed by atoms with Gasteiger partial charge in [0.1, 0.15) is 11.4 Å². The molecule has 0 atom stereocenters. The molecule has 0 amide bonds. The van der Waals surface area contributed by atoms with Crippen LogP contribution in [0.15, 0.2) is 48.7 Å². The number of aliphatic hydroxyl groups is 1. The Hall–Kier alpha value is -2.94. The second-order valence-corrected chi connectivity index (χ2v) is 5.85. The lowest BCUT2D eigenvalue weighted by atomic mass is 10.1. The standard InChI is InChI=1S/C19H16ClN3O2/c20-15-5-8-18(25)17(11-15)19-14(12-23(22-19)9-10-24)4-1-13-2-6-16(21)7-3-13/h2-3,5-8,11-12,24-25H,9-10,21H2. The molecule has 0 saturated heterocycles. The second kappa shape index (κ2) is 7.31. The van der Waals surface area contributed by atoms with Gasteiger partial charge in [-0.1, -0.05) is 23.4 Å². The summed E-state index contributed by atoms with van der Waals surface area (Å²) < 4.78 is 1.59. The molecule has 0 radical (unpaired) electrons. The third-order valence-electron chi connectivity index (χ3n) is 3.56. The second-order valence-electron chi connectivity index (χ2n) is 5.41. The van der Waals surface area contributed by atoms with E-state index in [0.29, 0.717) is 34.1 Å². The average Bonchev–Trinajstić information content (AvgIpc) is 2.99. The fraction of sp³-hybridized carbons (Fsp3) is 0.105.